The zero-order valence-corrected chi connectivity index (χ0v) is 18.8. The third-order valence-corrected chi connectivity index (χ3v) is 4.42. The first-order valence-electron chi connectivity index (χ1n) is 10.5. The van der Waals surface area contributed by atoms with Crippen molar-refractivity contribution >= 4 is 41.4 Å². The summed E-state index contributed by atoms with van der Waals surface area (Å²) in [6, 6.07) is -0.967. The standard InChI is InChI=1S/C20H29N5O9/c1-13(20(33)22-9-15(27)23-12-34-11-19(31)32)24-16(28)10-21-14(26)5-3-2-4-8-25-17(29)6-7-18(25)30/h6-7,13H,2-5,8-12H2,1H3,(H,21,26)(H,22,33)(H,23,27)(H,24,28)(H,31,32)/t13-/m0/s1. The highest BCUT2D eigenvalue weighted by atomic mass is 16.5. The molecule has 14 nitrogen and oxygen atoms in total. The highest BCUT2D eigenvalue weighted by molar-refractivity contribution is 6.12. The molecule has 0 saturated heterocycles. The maximum atomic E-state index is 11.9. The molecule has 14 heteroatoms. The molecule has 0 spiro atoms. The number of imide groups is 1. The lowest BCUT2D eigenvalue weighted by Gasteiger charge is -2.14. The van der Waals surface area contributed by atoms with Crippen molar-refractivity contribution in [3.63, 3.8) is 0 Å². The number of amides is 6. The number of rotatable bonds is 16. The summed E-state index contributed by atoms with van der Waals surface area (Å²) < 4.78 is 4.62. The van der Waals surface area contributed by atoms with Gasteiger partial charge in [-0.05, 0) is 19.8 Å². The van der Waals surface area contributed by atoms with E-state index in [-0.39, 0.29) is 44.0 Å². The van der Waals surface area contributed by atoms with Crippen LogP contribution in [0.5, 0.6) is 0 Å². The van der Waals surface area contributed by atoms with Crippen LogP contribution < -0.4 is 21.3 Å². The van der Waals surface area contributed by atoms with Gasteiger partial charge in [0.15, 0.2) is 0 Å². The van der Waals surface area contributed by atoms with Gasteiger partial charge in [0.1, 0.15) is 19.4 Å². The molecule has 0 fully saturated rings. The van der Waals surface area contributed by atoms with Crippen LogP contribution in [-0.2, 0) is 38.3 Å². The van der Waals surface area contributed by atoms with E-state index in [0.29, 0.717) is 19.3 Å². The molecule has 1 aliphatic heterocycles. The van der Waals surface area contributed by atoms with Crippen molar-refractivity contribution in [2.24, 2.45) is 0 Å². The Labute approximate surface area is 195 Å². The van der Waals surface area contributed by atoms with Gasteiger partial charge in [0, 0.05) is 25.1 Å². The molecule has 34 heavy (non-hydrogen) atoms. The molecule has 6 amide bonds. The molecule has 0 unspecified atom stereocenters. The molecule has 1 heterocycles. The Morgan fingerprint density at radius 1 is 0.912 bits per heavy atom. The molecule has 188 valence electrons. The maximum Gasteiger partial charge on any atom is 0.329 e. The van der Waals surface area contributed by atoms with Gasteiger partial charge in [-0.2, -0.15) is 0 Å². The lowest BCUT2D eigenvalue weighted by Crippen LogP contribution is -2.49. The van der Waals surface area contributed by atoms with E-state index in [4.69, 9.17) is 5.11 Å². The van der Waals surface area contributed by atoms with Crippen LogP contribution >= 0.6 is 0 Å². The van der Waals surface area contributed by atoms with Crippen molar-refractivity contribution in [1.29, 1.82) is 0 Å². The predicted molar refractivity (Wildman–Crippen MR) is 115 cm³/mol. The topological polar surface area (TPSA) is 200 Å². The molecule has 0 aliphatic carbocycles. The molecule has 0 aromatic rings. The highest BCUT2D eigenvalue weighted by Crippen LogP contribution is 2.07. The predicted octanol–water partition coefficient (Wildman–Crippen LogP) is -2.62. The minimum atomic E-state index is -1.19. The molecular weight excluding hydrogens is 454 g/mol. The first-order chi connectivity index (χ1) is 16.1. The quantitative estimate of drug-likeness (QED) is 0.0885. The first kappa shape index (κ1) is 28.2. The molecular formula is C20H29N5O9. The fourth-order valence-electron chi connectivity index (χ4n) is 2.66. The number of carbonyl (C=O) groups is 7. The first-order valence-corrected chi connectivity index (χ1v) is 10.5. The highest BCUT2D eigenvalue weighted by Gasteiger charge is 2.22. The molecule has 1 rings (SSSR count). The Kier molecular flexibility index (Phi) is 12.5. The summed E-state index contributed by atoms with van der Waals surface area (Å²) in [4.78, 5) is 81.4. The monoisotopic (exact) mass is 483 g/mol. The van der Waals surface area contributed by atoms with E-state index >= 15 is 0 Å². The van der Waals surface area contributed by atoms with Crippen LogP contribution in [0.3, 0.4) is 0 Å². The zero-order valence-electron chi connectivity index (χ0n) is 18.8. The van der Waals surface area contributed by atoms with E-state index in [9.17, 15) is 33.6 Å². The Morgan fingerprint density at radius 3 is 2.21 bits per heavy atom. The fraction of sp³-hybridized carbons (Fsp3) is 0.550. The molecule has 0 aromatic carbocycles. The maximum absolute atomic E-state index is 11.9. The summed E-state index contributed by atoms with van der Waals surface area (Å²) >= 11 is 0. The second kappa shape index (κ2) is 15.1. The molecule has 0 saturated carbocycles. The van der Waals surface area contributed by atoms with E-state index in [2.05, 4.69) is 26.0 Å². The van der Waals surface area contributed by atoms with Crippen LogP contribution in [-0.4, -0.2) is 90.4 Å². The fourth-order valence-corrected chi connectivity index (χ4v) is 2.66. The van der Waals surface area contributed by atoms with Gasteiger partial charge < -0.3 is 31.1 Å². The number of nitrogens with zero attached hydrogens (tertiary/aromatic N) is 1. The van der Waals surface area contributed by atoms with Crippen molar-refractivity contribution < 1.29 is 43.4 Å². The normalized spacial score (nSPS) is 13.4. The third-order valence-electron chi connectivity index (χ3n) is 4.42. The lowest BCUT2D eigenvalue weighted by molar-refractivity contribution is -0.143. The van der Waals surface area contributed by atoms with Gasteiger partial charge in [0.05, 0.1) is 13.1 Å². The number of carboxylic acid groups (broad SMARTS) is 1. The van der Waals surface area contributed by atoms with Gasteiger partial charge in [-0.15, -0.1) is 0 Å². The van der Waals surface area contributed by atoms with E-state index in [1.54, 1.807) is 0 Å². The van der Waals surface area contributed by atoms with Crippen LogP contribution in [0.15, 0.2) is 12.2 Å². The van der Waals surface area contributed by atoms with Gasteiger partial charge in [-0.3, -0.25) is 33.7 Å². The summed E-state index contributed by atoms with van der Waals surface area (Å²) in [5.41, 5.74) is 0. The summed E-state index contributed by atoms with van der Waals surface area (Å²) in [6.07, 6.45) is 4.28. The minimum absolute atomic E-state index is 0.161. The number of hydrogen-bond acceptors (Lipinski definition) is 8. The smallest absolute Gasteiger partial charge is 0.329 e. The number of nitrogens with one attached hydrogen (secondary N) is 4. The average Bonchev–Trinajstić information content (AvgIpc) is 3.10. The lowest BCUT2D eigenvalue weighted by atomic mass is 10.2. The van der Waals surface area contributed by atoms with Crippen LogP contribution in [0.4, 0.5) is 0 Å². The minimum Gasteiger partial charge on any atom is -0.480 e. The third kappa shape index (κ3) is 11.7. The van der Waals surface area contributed by atoms with Crippen LogP contribution in [0.25, 0.3) is 0 Å². The van der Waals surface area contributed by atoms with E-state index in [1.807, 2.05) is 0 Å². The Balaban J connectivity index is 2.10. The summed E-state index contributed by atoms with van der Waals surface area (Å²) in [5, 5.41) is 17.7. The zero-order chi connectivity index (χ0) is 25.5. The van der Waals surface area contributed by atoms with E-state index < -0.39 is 42.9 Å². The van der Waals surface area contributed by atoms with Gasteiger partial charge >= 0.3 is 5.97 Å². The molecule has 5 N–H and O–H groups in total. The van der Waals surface area contributed by atoms with Crippen LogP contribution in [0, 0.1) is 0 Å². The molecule has 1 atom stereocenters. The van der Waals surface area contributed by atoms with Crippen LogP contribution in [0.2, 0.25) is 0 Å². The molecule has 0 radical (unpaired) electrons. The number of carboxylic acids is 1. The number of carbonyl (C=O) groups excluding carboxylic acids is 6. The molecule has 1 aliphatic rings. The largest absolute Gasteiger partial charge is 0.480 e. The molecule has 0 aromatic heterocycles. The number of hydrogen-bond donors (Lipinski definition) is 5. The van der Waals surface area contributed by atoms with E-state index in [0.717, 1.165) is 4.90 Å². The van der Waals surface area contributed by atoms with Gasteiger partial charge in [-0.1, -0.05) is 6.42 Å². The van der Waals surface area contributed by atoms with Gasteiger partial charge in [0.25, 0.3) is 11.8 Å². The van der Waals surface area contributed by atoms with Crippen molar-refractivity contribution in [2.45, 2.75) is 38.6 Å². The van der Waals surface area contributed by atoms with Gasteiger partial charge in [-0.25, -0.2) is 4.79 Å². The molecule has 0 bridgehead atoms. The second-order valence-corrected chi connectivity index (χ2v) is 7.24. The average molecular weight is 483 g/mol. The van der Waals surface area contributed by atoms with Crippen molar-refractivity contribution in [1.82, 2.24) is 26.2 Å². The number of aliphatic carboxylic acids is 1. The SMILES string of the molecule is C[C@H](NC(=O)CNC(=O)CCCCCN1C(=O)C=CC1=O)C(=O)NCC(=O)NCOCC(=O)O. The van der Waals surface area contributed by atoms with Crippen molar-refractivity contribution in [2.75, 3.05) is 33.0 Å². The van der Waals surface area contributed by atoms with Crippen molar-refractivity contribution in [3.8, 4) is 0 Å². The summed E-state index contributed by atoms with van der Waals surface area (Å²) in [6.45, 7) is 0.0434. The number of unbranched alkanes of at least 4 members (excludes halogenated alkanes) is 2. The Bertz CT molecular complexity index is 809. The Hall–Kier alpha value is -3.81. The van der Waals surface area contributed by atoms with Crippen molar-refractivity contribution in [3.05, 3.63) is 12.2 Å². The summed E-state index contributed by atoms with van der Waals surface area (Å²) in [5.74, 6) is -4.08. The number of ether oxygens (including phenoxy) is 1. The van der Waals surface area contributed by atoms with Gasteiger partial charge in [0.2, 0.25) is 23.6 Å². The Morgan fingerprint density at radius 2 is 1.56 bits per heavy atom. The van der Waals surface area contributed by atoms with Crippen LogP contribution in [0.1, 0.15) is 32.6 Å². The second-order valence-electron chi connectivity index (χ2n) is 7.24. The van der Waals surface area contributed by atoms with E-state index in [1.165, 1.54) is 19.1 Å². The summed E-state index contributed by atoms with van der Waals surface area (Å²) in [7, 11) is 0.